The second kappa shape index (κ2) is 9.47. The van der Waals surface area contributed by atoms with Gasteiger partial charge < -0.3 is 15.4 Å². The minimum atomic E-state index is -0.170. The Hall–Kier alpha value is -2.22. The fraction of sp³-hybridized carbons (Fsp3) is 0.389. The van der Waals surface area contributed by atoms with Gasteiger partial charge in [-0.3, -0.25) is 9.69 Å². The molecule has 0 radical (unpaired) electrons. The van der Waals surface area contributed by atoms with Crippen LogP contribution in [0.1, 0.15) is 15.9 Å². The van der Waals surface area contributed by atoms with Crippen molar-refractivity contribution in [3.8, 4) is 0 Å². The molecule has 0 atom stereocenters. The summed E-state index contributed by atoms with van der Waals surface area (Å²) in [4.78, 5) is 22.8. The first-order valence-corrected chi connectivity index (χ1v) is 8.98. The molecule has 1 amide bonds. The maximum atomic E-state index is 12.1. The highest BCUT2D eigenvalue weighted by molar-refractivity contribution is 6.31. The number of morpholine rings is 1. The first-order valence-electron chi connectivity index (χ1n) is 8.60. The van der Waals surface area contributed by atoms with E-state index in [2.05, 4.69) is 25.5 Å². The first kappa shape index (κ1) is 18.6. The van der Waals surface area contributed by atoms with Crippen molar-refractivity contribution in [1.82, 2.24) is 20.2 Å². The van der Waals surface area contributed by atoms with Crippen molar-refractivity contribution in [2.75, 3.05) is 44.7 Å². The van der Waals surface area contributed by atoms with E-state index in [-0.39, 0.29) is 5.91 Å². The second-order valence-electron chi connectivity index (χ2n) is 5.95. The number of hydrogen-bond acceptors (Lipinski definition) is 6. The Morgan fingerprint density at radius 1 is 1.19 bits per heavy atom. The molecule has 0 saturated carbocycles. The van der Waals surface area contributed by atoms with Crippen molar-refractivity contribution in [1.29, 1.82) is 0 Å². The van der Waals surface area contributed by atoms with Crippen LogP contribution in [0.3, 0.4) is 0 Å². The molecule has 7 nitrogen and oxygen atoms in total. The van der Waals surface area contributed by atoms with Gasteiger partial charge in [0, 0.05) is 50.1 Å². The van der Waals surface area contributed by atoms with Gasteiger partial charge in [0.2, 0.25) is 5.95 Å². The highest BCUT2D eigenvalue weighted by Gasteiger charge is 2.11. The number of benzene rings is 1. The number of ether oxygens (including phenoxy) is 1. The zero-order valence-corrected chi connectivity index (χ0v) is 15.2. The minimum absolute atomic E-state index is 0.170. The summed E-state index contributed by atoms with van der Waals surface area (Å²) in [6.07, 6.45) is 3.04. The molecule has 1 aliphatic heterocycles. The molecule has 1 saturated heterocycles. The van der Waals surface area contributed by atoms with Gasteiger partial charge in [-0.05, 0) is 11.6 Å². The van der Waals surface area contributed by atoms with Gasteiger partial charge in [-0.15, -0.1) is 0 Å². The van der Waals surface area contributed by atoms with Crippen molar-refractivity contribution in [3.05, 3.63) is 52.8 Å². The van der Waals surface area contributed by atoms with E-state index in [1.807, 2.05) is 24.3 Å². The molecule has 0 unspecified atom stereocenters. The fourth-order valence-corrected chi connectivity index (χ4v) is 2.81. The lowest BCUT2D eigenvalue weighted by Crippen LogP contribution is -2.41. The zero-order valence-electron chi connectivity index (χ0n) is 14.4. The van der Waals surface area contributed by atoms with Crippen LogP contribution in [0.5, 0.6) is 0 Å². The largest absolute Gasteiger partial charge is 0.379 e. The minimum Gasteiger partial charge on any atom is -0.379 e. The zero-order chi connectivity index (χ0) is 18.2. The van der Waals surface area contributed by atoms with Crippen LogP contribution in [-0.4, -0.2) is 60.2 Å². The third-order valence-electron chi connectivity index (χ3n) is 4.13. The van der Waals surface area contributed by atoms with E-state index in [1.165, 1.54) is 12.4 Å². The summed E-state index contributed by atoms with van der Waals surface area (Å²) in [5.74, 6) is 0.283. The maximum Gasteiger partial charge on any atom is 0.254 e. The van der Waals surface area contributed by atoms with Gasteiger partial charge in [-0.1, -0.05) is 29.8 Å². The summed E-state index contributed by atoms with van der Waals surface area (Å²) in [5.41, 5.74) is 1.40. The summed E-state index contributed by atoms with van der Waals surface area (Å²) in [6, 6.07) is 7.58. The monoisotopic (exact) mass is 375 g/mol. The Morgan fingerprint density at radius 2 is 1.92 bits per heavy atom. The smallest absolute Gasteiger partial charge is 0.254 e. The lowest BCUT2D eigenvalue weighted by molar-refractivity contribution is 0.0383. The number of amides is 1. The molecule has 1 aromatic heterocycles. The van der Waals surface area contributed by atoms with E-state index in [1.54, 1.807) is 0 Å². The van der Waals surface area contributed by atoms with E-state index in [0.29, 0.717) is 29.6 Å². The number of nitrogens with one attached hydrogen (secondary N) is 2. The number of carbonyl (C=O) groups is 1. The summed E-state index contributed by atoms with van der Waals surface area (Å²) < 4.78 is 5.30. The number of rotatable bonds is 7. The lowest BCUT2D eigenvalue weighted by atomic mass is 10.2. The van der Waals surface area contributed by atoms with Gasteiger partial charge >= 0.3 is 0 Å². The van der Waals surface area contributed by atoms with Crippen LogP contribution >= 0.6 is 11.6 Å². The van der Waals surface area contributed by atoms with Crippen LogP contribution in [0, 0.1) is 0 Å². The molecular weight excluding hydrogens is 354 g/mol. The van der Waals surface area contributed by atoms with Gasteiger partial charge in [0.1, 0.15) is 0 Å². The molecule has 8 heteroatoms. The number of hydrogen-bond donors (Lipinski definition) is 2. The van der Waals surface area contributed by atoms with Crippen molar-refractivity contribution >= 4 is 23.5 Å². The van der Waals surface area contributed by atoms with E-state index in [0.717, 1.165) is 38.4 Å². The van der Waals surface area contributed by atoms with Crippen LogP contribution in [0.2, 0.25) is 5.02 Å². The molecule has 138 valence electrons. The molecule has 0 aliphatic carbocycles. The summed E-state index contributed by atoms with van der Waals surface area (Å²) in [5, 5.41) is 6.68. The summed E-state index contributed by atoms with van der Waals surface area (Å²) >= 11 is 6.12. The quantitative estimate of drug-likeness (QED) is 0.768. The van der Waals surface area contributed by atoms with Crippen LogP contribution in [0.15, 0.2) is 36.7 Å². The Bertz CT molecular complexity index is 720. The predicted molar refractivity (Wildman–Crippen MR) is 100 cm³/mol. The molecule has 0 spiro atoms. The fourth-order valence-electron chi connectivity index (χ4n) is 2.61. The Balaban J connectivity index is 1.44. The number of aromatic nitrogens is 2. The Morgan fingerprint density at radius 3 is 2.65 bits per heavy atom. The average Bonchev–Trinajstić information content (AvgIpc) is 2.68. The van der Waals surface area contributed by atoms with Gasteiger partial charge in [0.05, 0.1) is 18.8 Å². The van der Waals surface area contributed by atoms with E-state index < -0.39 is 0 Å². The number of nitrogens with zero attached hydrogens (tertiary/aromatic N) is 3. The van der Waals surface area contributed by atoms with Gasteiger partial charge in [0.15, 0.2) is 0 Å². The third-order valence-corrected chi connectivity index (χ3v) is 4.49. The van der Waals surface area contributed by atoms with E-state index >= 15 is 0 Å². The topological polar surface area (TPSA) is 79.4 Å². The summed E-state index contributed by atoms with van der Waals surface area (Å²) in [6.45, 7) is 5.24. The molecule has 1 aromatic carbocycles. The normalized spacial score (nSPS) is 14.8. The Kier molecular flexibility index (Phi) is 6.76. The predicted octanol–water partition coefficient (Wildman–Crippen LogP) is 1.80. The van der Waals surface area contributed by atoms with Crippen molar-refractivity contribution in [3.63, 3.8) is 0 Å². The van der Waals surface area contributed by atoms with E-state index in [9.17, 15) is 4.79 Å². The molecule has 26 heavy (non-hydrogen) atoms. The van der Waals surface area contributed by atoms with E-state index in [4.69, 9.17) is 16.3 Å². The van der Waals surface area contributed by atoms with Crippen LogP contribution in [-0.2, 0) is 11.3 Å². The molecule has 1 fully saturated rings. The standard InChI is InChI=1S/C18H22ClN5O2/c19-16-4-2-1-3-14(16)11-21-18-22-12-15(13-23-18)17(25)20-5-6-24-7-9-26-10-8-24/h1-4,12-13H,5-11H2,(H,20,25)(H,21,22,23). The average molecular weight is 376 g/mol. The molecule has 1 aliphatic rings. The molecule has 3 rings (SSSR count). The SMILES string of the molecule is O=C(NCCN1CCOCC1)c1cnc(NCc2ccccc2Cl)nc1. The van der Waals surface area contributed by atoms with Crippen molar-refractivity contribution in [2.24, 2.45) is 0 Å². The summed E-state index contributed by atoms with van der Waals surface area (Å²) in [7, 11) is 0. The van der Waals surface area contributed by atoms with Crippen LogP contribution < -0.4 is 10.6 Å². The number of anilines is 1. The van der Waals surface area contributed by atoms with Crippen LogP contribution in [0.4, 0.5) is 5.95 Å². The second-order valence-corrected chi connectivity index (χ2v) is 6.36. The van der Waals surface area contributed by atoms with Gasteiger partial charge in [-0.25, -0.2) is 9.97 Å². The van der Waals surface area contributed by atoms with Crippen molar-refractivity contribution < 1.29 is 9.53 Å². The Labute approximate surface area is 157 Å². The van der Waals surface area contributed by atoms with Crippen LogP contribution in [0.25, 0.3) is 0 Å². The van der Waals surface area contributed by atoms with Crippen molar-refractivity contribution in [2.45, 2.75) is 6.54 Å². The number of carbonyl (C=O) groups excluding carboxylic acids is 1. The molecule has 2 N–H and O–H groups in total. The highest BCUT2D eigenvalue weighted by Crippen LogP contribution is 2.15. The first-order chi connectivity index (χ1) is 12.7. The third kappa shape index (κ3) is 5.39. The highest BCUT2D eigenvalue weighted by atomic mass is 35.5. The lowest BCUT2D eigenvalue weighted by Gasteiger charge is -2.26. The molecule has 2 aromatic rings. The molecule has 0 bridgehead atoms. The molecular formula is C18H22ClN5O2. The maximum absolute atomic E-state index is 12.1. The van der Waals surface area contributed by atoms with Gasteiger partial charge in [-0.2, -0.15) is 0 Å². The van der Waals surface area contributed by atoms with Gasteiger partial charge in [0.25, 0.3) is 5.91 Å². The molecule has 2 heterocycles. The number of halogens is 1.